The molecular formula is C8H12O. The topological polar surface area (TPSA) is 20.2 Å². The minimum Gasteiger partial charge on any atom is -0.392 e. The van der Waals surface area contributed by atoms with Crippen molar-refractivity contribution >= 4 is 0 Å². The van der Waals surface area contributed by atoms with E-state index in [0.29, 0.717) is 5.92 Å². The van der Waals surface area contributed by atoms with E-state index in [0.717, 1.165) is 12.3 Å². The van der Waals surface area contributed by atoms with Crippen LogP contribution in [-0.2, 0) is 0 Å². The number of aliphatic hydroxyl groups excluding tert-OH is 1. The van der Waals surface area contributed by atoms with Crippen molar-refractivity contribution in [3.63, 3.8) is 0 Å². The number of hydrogen-bond acceptors (Lipinski definition) is 1. The summed E-state index contributed by atoms with van der Waals surface area (Å²) in [6.45, 7) is 3.93. The van der Waals surface area contributed by atoms with Crippen molar-refractivity contribution in [3.8, 4) is 0 Å². The summed E-state index contributed by atoms with van der Waals surface area (Å²) in [6, 6.07) is 0. The summed E-state index contributed by atoms with van der Waals surface area (Å²) in [5.74, 6) is 1.24. The van der Waals surface area contributed by atoms with Crippen molar-refractivity contribution in [2.45, 2.75) is 25.4 Å². The van der Waals surface area contributed by atoms with E-state index in [2.05, 4.69) is 6.58 Å². The molecule has 2 rings (SSSR count). The van der Waals surface area contributed by atoms with Crippen LogP contribution >= 0.6 is 0 Å². The van der Waals surface area contributed by atoms with E-state index in [-0.39, 0.29) is 6.10 Å². The van der Waals surface area contributed by atoms with Gasteiger partial charge in [-0.15, -0.1) is 0 Å². The van der Waals surface area contributed by atoms with Crippen molar-refractivity contribution in [2.75, 3.05) is 0 Å². The first-order valence-corrected chi connectivity index (χ1v) is 3.63. The van der Waals surface area contributed by atoms with Crippen LogP contribution < -0.4 is 0 Å². The summed E-state index contributed by atoms with van der Waals surface area (Å²) in [5.41, 5.74) is 1.29. The molecular weight excluding hydrogens is 112 g/mol. The fraction of sp³-hybridized carbons (Fsp3) is 0.750. The summed E-state index contributed by atoms with van der Waals surface area (Å²) in [7, 11) is 0. The minimum absolute atomic E-state index is 0.0451. The molecule has 2 saturated carbocycles. The van der Waals surface area contributed by atoms with Crippen LogP contribution in [-0.4, -0.2) is 11.2 Å². The summed E-state index contributed by atoms with van der Waals surface area (Å²) in [4.78, 5) is 0. The molecule has 0 aromatic carbocycles. The smallest absolute Gasteiger partial charge is 0.0608 e. The summed E-state index contributed by atoms with van der Waals surface area (Å²) >= 11 is 0. The van der Waals surface area contributed by atoms with E-state index in [1.165, 1.54) is 18.4 Å². The van der Waals surface area contributed by atoms with Crippen LogP contribution in [0.3, 0.4) is 0 Å². The molecule has 9 heavy (non-hydrogen) atoms. The van der Waals surface area contributed by atoms with Crippen LogP contribution in [0, 0.1) is 11.8 Å². The Bertz CT molecular complexity index is 151. The largest absolute Gasteiger partial charge is 0.392 e. The van der Waals surface area contributed by atoms with Crippen molar-refractivity contribution in [1.82, 2.24) is 0 Å². The van der Waals surface area contributed by atoms with Gasteiger partial charge in [-0.05, 0) is 25.2 Å². The van der Waals surface area contributed by atoms with Gasteiger partial charge in [-0.25, -0.2) is 0 Å². The first-order chi connectivity index (χ1) is 4.27. The van der Waals surface area contributed by atoms with Gasteiger partial charge < -0.3 is 5.11 Å². The lowest BCUT2D eigenvalue weighted by atomic mass is 9.94. The second-order valence-electron chi connectivity index (χ2n) is 3.37. The van der Waals surface area contributed by atoms with Crippen LogP contribution in [0.5, 0.6) is 0 Å². The molecule has 0 aromatic rings. The molecule has 0 saturated heterocycles. The van der Waals surface area contributed by atoms with Crippen LogP contribution in [0.1, 0.15) is 19.3 Å². The SMILES string of the molecule is C=C1CC2CC1[C@H](O)C2. The van der Waals surface area contributed by atoms with Gasteiger partial charge in [0, 0.05) is 5.92 Å². The molecule has 2 fully saturated rings. The molecule has 2 bridgehead atoms. The molecule has 1 N–H and O–H groups in total. The Morgan fingerprint density at radius 3 is 2.56 bits per heavy atom. The molecule has 50 valence electrons. The monoisotopic (exact) mass is 124 g/mol. The molecule has 2 unspecified atom stereocenters. The first-order valence-electron chi connectivity index (χ1n) is 3.63. The quantitative estimate of drug-likeness (QED) is 0.483. The normalized spacial score (nSPS) is 48.6. The number of aliphatic hydroxyl groups is 1. The van der Waals surface area contributed by atoms with Gasteiger partial charge >= 0.3 is 0 Å². The lowest BCUT2D eigenvalue weighted by molar-refractivity contribution is 0.136. The molecule has 0 heterocycles. The fourth-order valence-corrected chi connectivity index (χ4v) is 2.25. The highest BCUT2D eigenvalue weighted by Crippen LogP contribution is 2.47. The van der Waals surface area contributed by atoms with Crippen molar-refractivity contribution in [3.05, 3.63) is 12.2 Å². The van der Waals surface area contributed by atoms with E-state index >= 15 is 0 Å². The van der Waals surface area contributed by atoms with E-state index < -0.39 is 0 Å². The number of hydrogen-bond donors (Lipinski definition) is 1. The van der Waals surface area contributed by atoms with Crippen LogP contribution in [0.4, 0.5) is 0 Å². The summed E-state index contributed by atoms with van der Waals surface area (Å²) in [5, 5.41) is 9.33. The average Bonchev–Trinajstić information content (AvgIpc) is 2.22. The lowest BCUT2D eigenvalue weighted by Gasteiger charge is -2.17. The van der Waals surface area contributed by atoms with Crippen molar-refractivity contribution < 1.29 is 5.11 Å². The predicted molar refractivity (Wildman–Crippen MR) is 36.0 cm³/mol. The van der Waals surface area contributed by atoms with E-state index in [1.807, 2.05) is 0 Å². The Balaban J connectivity index is 2.21. The van der Waals surface area contributed by atoms with Gasteiger partial charge in [0.25, 0.3) is 0 Å². The Kier molecular flexibility index (Phi) is 0.974. The second-order valence-corrected chi connectivity index (χ2v) is 3.37. The first kappa shape index (κ1) is 5.48. The van der Waals surface area contributed by atoms with Gasteiger partial charge in [0.2, 0.25) is 0 Å². The Morgan fingerprint density at radius 2 is 2.22 bits per heavy atom. The molecule has 0 spiro atoms. The fourth-order valence-electron chi connectivity index (χ4n) is 2.25. The van der Waals surface area contributed by atoms with Gasteiger partial charge in [0.1, 0.15) is 0 Å². The molecule has 2 aliphatic rings. The zero-order valence-corrected chi connectivity index (χ0v) is 5.51. The van der Waals surface area contributed by atoms with E-state index in [4.69, 9.17) is 0 Å². The maximum atomic E-state index is 9.33. The minimum atomic E-state index is -0.0451. The summed E-state index contributed by atoms with van der Waals surface area (Å²) in [6.07, 6.45) is 3.38. The van der Waals surface area contributed by atoms with Gasteiger partial charge in [-0.3, -0.25) is 0 Å². The molecule has 1 nitrogen and oxygen atoms in total. The lowest BCUT2D eigenvalue weighted by Crippen LogP contribution is -2.16. The molecule has 0 aromatic heterocycles. The van der Waals surface area contributed by atoms with Crippen LogP contribution in [0.15, 0.2) is 12.2 Å². The van der Waals surface area contributed by atoms with Gasteiger partial charge in [-0.2, -0.15) is 0 Å². The molecule has 3 atom stereocenters. The third kappa shape index (κ3) is 0.645. The number of rotatable bonds is 0. The molecule has 2 aliphatic carbocycles. The highest BCUT2D eigenvalue weighted by Gasteiger charge is 2.40. The highest BCUT2D eigenvalue weighted by molar-refractivity contribution is 5.15. The maximum Gasteiger partial charge on any atom is 0.0608 e. The van der Waals surface area contributed by atoms with Crippen molar-refractivity contribution in [2.24, 2.45) is 11.8 Å². The second kappa shape index (κ2) is 1.60. The summed E-state index contributed by atoms with van der Waals surface area (Å²) < 4.78 is 0. The average molecular weight is 124 g/mol. The highest BCUT2D eigenvalue weighted by atomic mass is 16.3. The zero-order valence-electron chi connectivity index (χ0n) is 5.51. The predicted octanol–water partition coefficient (Wildman–Crippen LogP) is 1.33. The molecule has 0 radical (unpaired) electrons. The Labute approximate surface area is 55.4 Å². The van der Waals surface area contributed by atoms with E-state index in [9.17, 15) is 5.11 Å². The van der Waals surface area contributed by atoms with Crippen LogP contribution in [0.2, 0.25) is 0 Å². The molecule has 1 heteroatoms. The maximum absolute atomic E-state index is 9.33. The van der Waals surface area contributed by atoms with Crippen molar-refractivity contribution in [1.29, 1.82) is 0 Å². The van der Waals surface area contributed by atoms with Gasteiger partial charge in [0.15, 0.2) is 0 Å². The zero-order chi connectivity index (χ0) is 6.43. The van der Waals surface area contributed by atoms with Gasteiger partial charge in [-0.1, -0.05) is 12.2 Å². The third-order valence-corrected chi connectivity index (χ3v) is 2.70. The van der Waals surface area contributed by atoms with Crippen LogP contribution in [0.25, 0.3) is 0 Å². The van der Waals surface area contributed by atoms with E-state index in [1.54, 1.807) is 0 Å². The number of fused-ring (bicyclic) bond motifs is 2. The standard InChI is InChI=1S/C8H12O/c1-5-2-6-3-7(5)8(9)4-6/h6-9H,1-4H2/t6?,7?,8-/m1/s1. The Morgan fingerprint density at radius 1 is 1.44 bits per heavy atom. The molecule has 0 aliphatic heterocycles. The van der Waals surface area contributed by atoms with Gasteiger partial charge in [0.05, 0.1) is 6.10 Å². The Hall–Kier alpha value is -0.300. The third-order valence-electron chi connectivity index (χ3n) is 2.70. The molecule has 0 amide bonds.